The van der Waals surface area contributed by atoms with Gasteiger partial charge in [0, 0.05) is 35.9 Å². The highest BCUT2D eigenvalue weighted by atomic mass is 32.1. The number of hydrogen-bond acceptors (Lipinski definition) is 7. The Morgan fingerprint density at radius 3 is 2.94 bits per heavy atom. The van der Waals surface area contributed by atoms with E-state index in [4.69, 9.17) is 10.5 Å². The first-order chi connectivity index (χ1) is 15.4. The van der Waals surface area contributed by atoms with E-state index in [1.165, 1.54) is 11.3 Å². The van der Waals surface area contributed by atoms with E-state index in [9.17, 15) is 14.7 Å². The minimum absolute atomic E-state index is 0.164. The van der Waals surface area contributed by atoms with Crippen molar-refractivity contribution in [1.82, 2.24) is 10.3 Å². The minimum Gasteiger partial charge on any atom is -0.491 e. The summed E-state index contributed by atoms with van der Waals surface area (Å²) in [4.78, 5) is 31.9. The number of aryl methyl sites for hydroxylation is 1. The SMILES string of the molecule is Cc1ccc2c(N)c(C(=O)N[C@H]3COc4cc(N5CC[C@@H](C(=O)O)C5)ccc4C3)sc2n1. The third-order valence-electron chi connectivity index (χ3n) is 6.13. The summed E-state index contributed by atoms with van der Waals surface area (Å²) < 4.78 is 5.95. The lowest BCUT2D eigenvalue weighted by Crippen LogP contribution is -2.42. The lowest BCUT2D eigenvalue weighted by Gasteiger charge is -2.28. The number of carbonyl (C=O) groups excluding carboxylic acids is 1. The number of aromatic nitrogens is 1. The molecule has 4 heterocycles. The summed E-state index contributed by atoms with van der Waals surface area (Å²) in [7, 11) is 0. The van der Waals surface area contributed by atoms with E-state index in [-0.39, 0.29) is 17.9 Å². The Kier molecular flexibility index (Phi) is 5.13. The zero-order valence-corrected chi connectivity index (χ0v) is 18.4. The highest BCUT2D eigenvalue weighted by Crippen LogP contribution is 2.34. The highest BCUT2D eigenvalue weighted by Gasteiger charge is 2.29. The van der Waals surface area contributed by atoms with Gasteiger partial charge in [0.2, 0.25) is 0 Å². The average Bonchev–Trinajstić information content (AvgIpc) is 3.39. The topological polar surface area (TPSA) is 118 Å². The molecular formula is C23H24N4O4S. The van der Waals surface area contributed by atoms with Crippen molar-refractivity contribution in [1.29, 1.82) is 0 Å². The lowest BCUT2D eigenvalue weighted by molar-refractivity contribution is -0.140. The molecule has 4 N–H and O–H groups in total. The van der Waals surface area contributed by atoms with Crippen LogP contribution in [0.4, 0.5) is 11.4 Å². The Bertz CT molecular complexity index is 1220. The molecule has 1 saturated heterocycles. The number of carbonyl (C=O) groups is 2. The van der Waals surface area contributed by atoms with Crippen molar-refractivity contribution < 1.29 is 19.4 Å². The summed E-state index contributed by atoms with van der Waals surface area (Å²) in [5, 5.41) is 13.1. The number of amides is 1. The second-order valence-electron chi connectivity index (χ2n) is 8.40. The Morgan fingerprint density at radius 1 is 1.31 bits per heavy atom. The van der Waals surface area contributed by atoms with Crippen LogP contribution in [0.3, 0.4) is 0 Å². The normalized spacial score (nSPS) is 20.1. The molecule has 3 aromatic rings. The van der Waals surface area contributed by atoms with Crippen molar-refractivity contribution >= 4 is 44.8 Å². The number of carboxylic acids is 1. The summed E-state index contributed by atoms with van der Waals surface area (Å²) in [5.41, 5.74) is 9.54. The van der Waals surface area contributed by atoms with Crippen molar-refractivity contribution in [2.75, 3.05) is 30.3 Å². The van der Waals surface area contributed by atoms with Gasteiger partial charge in [-0.15, -0.1) is 11.3 Å². The molecule has 5 rings (SSSR count). The van der Waals surface area contributed by atoms with E-state index in [1.807, 2.05) is 37.3 Å². The van der Waals surface area contributed by atoms with Gasteiger partial charge < -0.3 is 25.8 Å². The number of benzene rings is 1. The van der Waals surface area contributed by atoms with Crippen molar-refractivity contribution in [2.24, 2.45) is 5.92 Å². The number of nitrogens with one attached hydrogen (secondary N) is 1. The number of nitrogens with two attached hydrogens (primary N) is 1. The molecule has 2 aliphatic heterocycles. The molecule has 2 atom stereocenters. The molecule has 0 saturated carbocycles. The van der Waals surface area contributed by atoms with Crippen LogP contribution in [0.15, 0.2) is 30.3 Å². The van der Waals surface area contributed by atoms with Crippen molar-refractivity contribution in [3.05, 3.63) is 46.5 Å². The van der Waals surface area contributed by atoms with Crippen LogP contribution >= 0.6 is 11.3 Å². The molecule has 1 aromatic carbocycles. The third kappa shape index (κ3) is 3.73. The maximum Gasteiger partial charge on any atom is 0.308 e. The lowest BCUT2D eigenvalue weighted by atomic mass is 10.0. The van der Waals surface area contributed by atoms with E-state index in [1.54, 1.807) is 0 Å². The van der Waals surface area contributed by atoms with Crippen LogP contribution in [-0.4, -0.2) is 47.7 Å². The molecule has 2 aromatic heterocycles. The van der Waals surface area contributed by atoms with Crippen LogP contribution in [0.5, 0.6) is 5.75 Å². The molecule has 0 aliphatic carbocycles. The summed E-state index contributed by atoms with van der Waals surface area (Å²) in [6.45, 7) is 3.50. The van der Waals surface area contributed by atoms with Gasteiger partial charge in [-0.1, -0.05) is 6.07 Å². The van der Waals surface area contributed by atoms with Crippen molar-refractivity contribution in [3.63, 3.8) is 0 Å². The quantitative estimate of drug-likeness (QED) is 0.557. The molecule has 2 aliphatic rings. The number of aliphatic carboxylic acids is 1. The Labute approximate surface area is 189 Å². The van der Waals surface area contributed by atoms with Gasteiger partial charge in [0.1, 0.15) is 22.1 Å². The van der Waals surface area contributed by atoms with Crippen LogP contribution in [-0.2, 0) is 11.2 Å². The van der Waals surface area contributed by atoms with Gasteiger partial charge in [-0.05, 0) is 43.5 Å². The third-order valence-corrected chi connectivity index (χ3v) is 7.25. The van der Waals surface area contributed by atoms with Gasteiger partial charge in [-0.3, -0.25) is 9.59 Å². The number of ether oxygens (including phenoxy) is 1. The van der Waals surface area contributed by atoms with Crippen LogP contribution in [0.2, 0.25) is 0 Å². The van der Waals surface area contributed by atoms with Gasteiger partial charge in [0.15, 0.2) is 0 Å². The summed E-state index contributed by atoms with van der Waals surface area (Å²) in [5.74, 6) is -0.501. The largest absolute Gasteiger partial charge is 0.491 e. The molecule has 9 heteroatoms. The number of thiophene rings is 1. The van der Waals surface area contributed by atoms with E-state index >= 15 is 0 Å². The zero-order chi connectivity index (χ0) is 22.4. The Morgan fingerprint density at radius 2 is 2.16 bits per heavy atom. The fourth-order valence-electron chi connectivity index (χ4n) is 4.36. The van der Waals surface area contributed by atoms with Crippen molar-refractivity contribution in [3.8, 4) is 5.75 Å². The van der Waals surface area contributed by atoms with Crippen molar-refractivity contribution in [2.45, 2.75) is 25.8 Å². The predicted octanol–water partition coefficient (Wildman–Crippen LogP) is 2.83. The fourth-order valence-corrected chi connectivity index (χ4v) is 5.40. The number of rotatable bonds is 4. The summed E-state index contributed by atoms with van der Waals surface area (Å²) in [6.07, 6.45) is 1.30. The van der Waals surface area contributed by atoms with Crippen LogP contribution in [0, 0.1) is 12.8 Å². The number of fused-ring (bicyclic) bond motifs is 2. The molecule has 32 heavy (non-hydrogen) atoms. The highest BCUT2D eigenvalue weighted by molar-refractivity contribution is 7.21. The van der Waals surface area contributed by atoms with Gasteiger partial charge in [0.05, 0.1) is 17.6 Å². The second kappa shape index (κ2) is 7.98. The van der Waals surface area contributed by atoms with Gasteiger partial charge >= 0.3 is 5.97 Å². The first-order valence-corrected chi connectivity index (χ1v) is 11.4. The van der Waals surface area contributed by atoms with Crippen LogP contribution in [0.25, 0.3) is 10.2 Å². The molecule has 8 nitrogen and oxygen atoms in total. The monoisotopic (exact) mass is 452 g/mol. The molecule has 166 valence electrons. The molecule has 0 unspecified atom stereocenters. The molecule has 0 radical (unpaired) electrons. The number of anilines is 2. The first-order valence-electron chi connectivity index (χ1n) is 10.6. The standard InChI is InChI=1S/C23H24N4O4S/c1-12-2-5-17-19(24)20(32-22(17)25-12)21(28)26-15-8-13-3-4-16(9-18(13)31-11-15)27-7-6-14(10-27)23(29)30/h2-5,9,14-15H,6-8,10-11,24H2,1H3,(H,26,28)(H,29,30)/t14-,15-/m1/s1. The first kappa shape index (κ1) is 20.6. The summed E-state index contributed by atoms with van der Waals surface area (Å²) in [6, 6.07) is 9.58. The minimum atomic E-state index is -0.745. The average molecular weight is 453 g/mol. The van der Waals surface area contributed by atoms with E-state index in [0.717, 1.165) is 39.5 Å². The number of pyridine rings is 1. The maximum atomic E-state index is 12.9. The second-order valence-corrected chi connectivity index (χ2v) is 9.40. The molecule has 1 fully saturated rings. The number of hydrogen-bond donors (Lipinski definition) is 3. The predicted molar refractivity (Wildman–Crippen MR) is 124 cm³/mol. The Balaban J connectivity index is 1.27. The van der Waals surface area contributed by atoms with Crippen LogP contribution in [0.1, 0.15) is 27.3 Å². The van der Waals surface area contributed by atoms with Gasteiger partial charge in [-0.25, -0.2) is 4.98 Å². The van der Waals surface area contributed by atoms with Crippen LogP contribution < -0.4 is 20.7 Å². The van der Waals surface area contributed by atoms with Gasteiger partial charge in [-0.2, -0.15) is 0 Å². The van der Waals surface area contributed by atoms with Gasteiger partial charge in [0.25, 0.3) is 5.91 Å². The van der Waals surface area contributed by atoms with E-state index in [0.29, 0.717) is 36.6 Å². The number of nitrogen functional groups attached to an aromatic ring is 1. The smallest absolute Gasteiger partial charge is 0.308 e. The number of carboxylic acid groups (broad SMARTS) is 1. The Hall–Kier alpha value is -3.33. The molecule has 1 amide bonds. The maximum absolute atomic E-state index is 12.9. The molecular weight excluding hydrogens is 428 g/mol. The number of nitrogens with zero attached hydrogens (tertiary/aromatic N) is 2. The van der Waals surface area contributed by atoms with E-state index in [2.05, 4.69) is 15.2 Å². The fraction of sp³-hybridized carbons (Fsp3) is 0.348. The molecule has 0 spiro atoms. The zero-order valence-electron chi connectivity index (χ0n) is 17.6. The molecule has 0 bridgehead atoms. The van der Waals surface area contributed by atoms with E-state index < -0.39 is 5.97 Å². The summed E-state index contributed by atoms with van der Waals surface area (Å²) >= 11 is 1.30.